The standard InChI is InChI=1S/C19H21N5O3S/c1-4-24-17(15-6-5-11-27-15)21-22-19(24)28-12-16(25)20-14-9-7-13(8-10-14)18(26)23(2)3/h5-11H,4,12H2,1-3H3,(H,20,25). The molecule has 0 aliphatic heterocycles. The Morgan fingerprint density at radius 1 is 1.18 bits per heavy atom. The molecule has 0 fully saturated rings. The summed E-state index contributed by atoms with van der Waals surface area (Å²) in [5.41, 5.74) is 1.20. The molecule has 2 amide bonds. The number of furan rings is 1. The number of carbonyl (C=O) groups is 2. The van der Waals surface area contributed by atoms with Crippen molar-refractivity contribution in [3.8, 4) is 11.6 Å². The third-order valence-corrected chi connectivity index (χ3v) is 4.90. The molecule has 1 N–H and O–H groups in total. The normalized spacial score (nSPS) is 10.7. The first-order valence-corrected chi connectivity index (χ1v) is 9.69. The van der Waals surface area contributed by atoms with E-state index in [-0.39, 0.29) is 17.6 Å². The number of hydrogen-bond acceptors (Lipinski definition) is 6. The summed E-state index contributed by atoms with van der Waals surface area (Å²) in [5.74, 6) is 1.21. The highest BCUT2D eigenvalue weighted by Gasteiger charge is 2.16. The smallest absolute Gasteiger partial charge is 0.253 e. The lowest BCUT2D eigenvalue weighted by Crippen LogP contribution is -2.21. The number of rotatable bonds is 7. The maximum atomic E-state index is 12.3. The van der Waals surface area contributed by atoms with Gasteiger partial charge in [0.25, 0.3) is 5.91 Å². The van der Waals surface area contributed by atoms with Gasteiger partial charge >= 0.3 is 0 Å². The molecule has 3 rings (SSSR count). The Morgan fingerprint density at radius 3 is 2.54 bits per heavy atom. The molecule has 0 atom stereocenters. The van der Waals surface area contributed by atoms with E-state index in [9.17, 15) is 9.59 Å². The zero-order chi connectivity index (χ0) is 20.1. The quantitative estimate of drug-likeness (QED) is 0.614. The molecule has 3 aromatic rings. The molecule has 0 aliphatic carbocycles. The van der Waals surface area contributed by atoms with E-state index in [1.165, 1.54) is 16.7 Å². The molecule has 0 saturated heterocycles. The number of thioether (sulfide) groups is 1. The van der Waals surface area contributed by atoms with Crippen LogP contribution in [0.1, 0.15) is 17.3 Å². The van der Waals surface area contributed by atoms with Crippen molar-refractivity contribution in [1.29, 1.82) is 0 Å². The van der Waals surface area contributed by atoms with Crippen LogP contribution < -0.4 is 5.32 Å². The monoisotopic (exact) mass is 399 g/mol. The minimum Gasteiger partial charge on any atom is -0.461 e. The Kier molecular flexibility index (Phi) is 6.15. The van der Waals surface area contributed by atoms with Gasteiger partial charge in [-0.05, 0) is 43.3 Å². The van der Waals surface area contributed by atoms with Gasteiger partial charge in [-0.3, -0.25) is 14.2 Å². The Morgan fingerprint density at radius 2 is 1.93 bits per heavy atom. The van der Waals surface area contributed by atoms with Crippen LogP contribution in [0.15, 0.2) is 52.2 Å². The average molecular weight is 399 g/mol. The van der Waals surface area contributed by atoms with Crippen molar-refractivity contribution in [3.63, 3.8) is 0 Å². The van der Waals surface area contributed by atoms with Crippen LogP contribution in [0.5, 0.6) is 0 Å². The number of nitrogens with one attached hydrogen (secondary N) is 1. The highest BCUT2D eigenvalue weighted by Crippen LogP contribution is 2.24. The molecule has 0 bridgehead atoms. The second-order valence-corrected chi connectivity index (χ2v) is 7.08. The largest absolute Gasteiger partial charge is 0.461 e. The molecule has 0 radical (unpaired) electrons. The topological polar surface area (TPSA) is 93.3 Å². The first kappa shape index (κ1) is 19.7. The zero-order valence-corrected chi connectivity index (χ0v) is 16.7. The van der Waals surface area contributed by atoms with Gasteiger partial charge < -0.3 is 14.6 Å². The van der Waals surface area contributed by atoms with E-state index in [0.29, 0.717) is 34.5 Å². The molecular weight excluding hydrogens is 378 g/mol. The zero-order valence-electron chi connectivity index (χ0n) is 15.9. The van der Waals surface area contributed by atoms with Gasteiger partial charge in [0.15, 0.2) is 16.7 Å². The molecule has 9 heteroatoms. The van der Waals surface area contributed by atoms with Gasteiger partial charge in [-0.2, -0.15) is 0 Å². The third kappa shape index (κ3) is 4.42. The highest BCUT2D eigenvalue weighted by atomic mass is 32.2. The van der Waals surface area contributed by atoms with E-state index < -0.39 is 0 Å². The van der Waals surface area contributed by atoms with Crippen molar-refractivity contribution in [3.05, 3.63) is 48.2 Å². The fourth-order valence-electron chi connectivity index (χ4n) is 2.55. The summed E-state index contributed by atoms with van der Waals surface area (Å²) in [6, 6.07) is 10.4. The molecular formula is C19H21N5O3S. The summed E-state index contributed by atoms with van der Waals surface area (Å²) in [5, 5.41) is 11.8. The van der Waals surface area contributed by atoms with E-state index >= 15 is 0 Å². The highest BCUT2D eigenvalue weighted by molar-refractivity contribution is 7.99. The Bertz CT molecular complexity index is 949. The van der Waals surface area contributed by atoms with E-state index in [2.05, 4.69) is 15.5 Å². The molecule has 2 heterocycles. The Labute approximate surface area is 166 Å². The second-order valence-electron chi connectivity index (χ2n) is 6.14. The van der Waals surface area contributed by atoms with Crippen molar-refractivity contribution in [2.75, 3.05) is 25.2 Å². The molecule has 2 aromatic heterocycles. The van der Waals surface area contributed by atoms with Crippen LogP contribution in [0.3, 0.4) is 0 Å². The van der Waals surface area contributed by atoms with Crippen molar-refractivity contribution < 1.29 is 14.0 Å². The molecule has 0 unspecified atom stereocenters. The van der Waals surface area contributed by atoms with Crippen molar-refractivity contribution in [2.45, 2.75) is 18.6 Å². The summed E-state index contributed by atoms with van der Waals surface area (Å²) in [7, 11) is 3.39. The van der Waals surface area contributed by atoms with Crippen molar-refractivity contribution in [1.82, 2.24) is 19.7 Å². The van der Waals surface area contributed by atoms with Crippen LogP contribution in [0, 0.1) is 0 Å². The maximum absolute atomic E-state index is 12.3. The number of anilines is 1. The van der Waals surface area contributed by atoms with Crippen molar-refractivity contribution in [2.24, 2.45) is 0 Å². The van der Waals surface area contributed by atoms with Gasteiger partial charge in [0.1, 0.15) is 0 Å². The van der Waals surface area contributed by atoms with Gasteiger partial charge in [0.2, 0.25) is 5.91 Å². The molecule has 1 aromatic carbocycles. The summed E-state index contributed by atoms with van der Waals surface area (Å²) in [6.07, 6.45) is 1.58. The number of aromatic nitrogens is 3. The lowest BCUT2D eigenvalue weighted by Gasteiger charge is -2.11. The molecule has 0 saturated carbocycles. The maximum Gasteiger partial charge on any atom is 0.253 e. The molecule has 28 heavy (non-hydrogen) atoms. The predicted molar refractivity (Wildman–Crippen MR) is 107 cm³/mol. The SMILES string of the molecule is CCn1c(SCC(=O)Nc2ccc(C(=O)N(C)C)cc2)nnc1-c1ccco1. The van der Waals surface area contributed by atoms with Crippen molar-refractivity contribution >= 4 is 29.3 Å². The third-order valence-electron chi connectivity index (χ3n) is 3.93. The van der Waals surface area contributed by atoms with Crippen LogP contribution in [0.25, 0.3) is 11.6 Å². The fraction of sp³-hybridized carbons (Fsp3) is 0.263. The fourth-order valence-corrected chi connectivity index (χ4v) is 3.35. The molecule has 0 spiro atoms. The van der Waals surface area contributed by atoms with Crippen LogP contribution in [-0.4, -0.2) is 51.3 Å². The first-order valence-electron chi connectivity index (χ1n) is 8.71. The Balaban J connectivity index is 1.60. The summed E-state index contributed by atoms with van der Waals surface area (Å²) in [6.45, 7) is 2.64. The summed E-state index contributed by atoms with van der Waals surface area (Å²) < 4.78 is 7.28. The molecule has 8 nitrogen and oxygen atoms in total. The number of benzene rings is 1. The van der Waals surface area contributed by atoms with Crippen LogP contribution >= 0.6 is 11.8 Å². The van der Waals surface area contributed by atoms with Crippen LogP contribution in [0.4, 0.5) is 5.69 Å². The van der Waals surface area contributed by atoms with E-state index in [1.807, 2.05) is 17.6 Å². The molecule has 0 aliphatic rings. The molecule has 146 valence electrons. The van der Waals surface area contributed by atoms with Crippen LogP contribution in [-0.2, 0) is 11.3 Å². The van der Waals surface area contributed by atoms with Gasteiger partial charge in [0.05, 0.1) is 12.0 Å². The van der Waals surface area contributed by atoms with Gasteiger partial charge in [-0.25, -0.2) is 0 Å². The van der Waals surface area contributed by atoms with Gasteiger partial charge in [-0.15, -0.1) is 10.2 Å². The predicted octanol–water partition coefficient (Wildman–Crippen LogP) is 2.99. The number of carbonyl (C=O) groups excluding carboxylic acids is 2. The van der Waals surface area contributed by atoms with Gasteiger partial charge in [0, 0.05) is 31.9 Å². The lowest BCUT2D eigenvalue weighted by atomic mass is 10.2. The minimum absolute atomic E-state index is 0.0836. The van der Waals surface area contributed by atoms with E-state index in [1.54, 1.807) is 50.7 Å². The number of nitrogens with zero attached hydrogens (tertiary/aromatic N) is 4. The Hall–Kier alpha value is -3.07. The van der Waals surface area contributed by atoms with E-state index in [0.717, 1.165) is 0 Å². The number of hydrogen-bond donors (Lipinski definition) is 1. The summed E-state index contributed by atoms with van der Waals surface area (Å²) in [4.78, 5) is 25.7. The second kappa shape index (κ2) is 8.75. The number of amides is 2. The summed E-state index contributed by atoms with van der Waals surface area (Å²) >= 11 is 1.30. The van der Waals surface area contributed by atoms with E-state index in [4.69, 9.17) is 4.42 Å². The minimum atomic E-state index is -0.165. The van der Waals surface area contributed by atoms with Crippen LogP contribution in [0.2, 0.25) is 0 Å². The first-order chi connectivity index (χ1) is 13.5. The van der Waals surface area contributed by atoms with Gasteiger partial charge in [-0.1, -0.05) is 11.8 Å². The average Bonchev–Trinajstić information content (AvgIpc) is 3.35. The lowest BCUT2D eigenvalue weighted by molar-refractivity contribution is -0.113.